The molecule has 0 radical (unpaired) electrons. The molecule has 0 fully saturated rings. The SMILES string of the molecule is c1ccc(-c2nc3ccccc3c3c2ccc2c3c3ccc(-c4cccc(-c5cc(-c6ccccn6)nc(-c6ccccn6)c5)c4)cc3n2-c2ccccc2)cc1. The van der Waals surface area contributed by atoms with Crippen molar-refractivity contribution in [3.63, 3.8) is 0 Å². The van der Waals surface area contributed by atoms with E-state index in [2.05, 4.69) is 166 Å². The molecule has 11 rings (SSSR count). The number of hydrogen-bond acceptors (Lipinski definition) is 4. The summed E-state index contributed by atoms with van der Waals surface area (Å²) < 4.78 is 2.41. The monoisotopic (exact) mass is 727 g/mol. The number of fused-ring (bicyclic) bond motifs is 7. The predicted molar refractivity (Wildman–Crippen MR) is 234 cm³/mol. The summed E-state index contributed by atoms with van der Waals surface area (Å²) in [7, 11) is 0. The van der Waals surface area contributed by atoms with Crippen LogP contribution in [0.5, 0.6) is 0 Å². The summed E-state index contributed by atoms with van der Waals surface area (Å²) in [5, 5.41) is 5.93. The van der Waals surface area contributed by atoms with Crippen LogP contribution in [0.15, 0.2) is 200 Å². The zero-order valence-electron chi connectivity index (χ0n) is 30.8. The lowest BCUT2D eigenvalue weighted by atomic mass is 9.95. The van der Waals surface area contributed by atoms with E-state index < -0.39 is 0 Å². The van der Waals surface area contributed by atoms with Crippen molar-refractivity contribution in [3.8, 4) is 62.0 Å². The topological polar surface area (TPSA) is 56.5 Å². The van der Waals surface area contributed by atoms with E-state index in [-0.39, 0.29) is 0 Å². The van der Waals surface area contributed by atoms with Crippen LogP contribution in [0, 0.1) is 0 Å². The molecule has 5 heteroatoms. The van der Waals surface area contributed by atoms with Crippen LogP contribution < -0.4 is 0 Å². The lowest BCUT2D eigenvalue weighted by Crippen LogP contribution is -1.94. The Hall–Kier alpha value is -7.76. The van der Waals surface area contributed by atoms with Gasteiger partial charge in [0.1, 0.15) is 0 Å². The molecule has 5 nitrogen and oxygen atoms in total. The van der Waals surface area contributed by atoms with Gasteiger partial charge in [-0.15, -0.1) is 0 Å². The highest BCUT2D eigenvalue weighted by Gasteiger charge is 2.20. The number of hydrogen-bond donors (Lipinski definition) is 0. The van der Waals surface area contributed by atoms with Crippen LogP contribution in [0.1, 0.15) is 0 Å². The number of benzene rings is 6. The molecule has 0 spiro atoms. The van der Waals surface area contributed by atoms with Crippen LogP contribution in [-0.2, 0) is 0 Å². The van der Waals surface area contributed by atoms with Crippen molar-refractivity contribution in [1.29, 1.82) is 0 Å². The average Bonchev–Trinajstić information content (AvgIpc) is 3.63. The molecule has 0 bridgehead atoms. The molecule has 0 aliphatic carbocycles. The van der Waals surface area contributed by atoms with Crippen molar-refractivity contribution in [3.05, 3.63) is 200 Å². The van der Waals surface area contributed by atoms with E-state index in [0.29, 0.717) is 0 Å². The van der Waals surface area contributed by atoms with Gasteiger partial charge in [0, 0.05) is 50.6 Å². The maximum absolute atomic E-state index is 5.24. The second kappa shape index (κ2) is 13.5. The van der Waals surface area contributed by atoms with Crippen molar-refractivity contribution in [1.82, 2.24) is 24.5 Å². The van der Waals surface area contributed by atoms with Gasteiger partial charge in [-0.2, -0.15) is 0 Å². The average molecular weight is 728 g/mol. The molecule has 0 aliphatic rings. The van der Waals surface area contributed by atoms with Gasteiger partial charge in [-0.1, -0.05) is 115 Å². The summed E-state index contributed by atoms with van der Waals surface area (Å²) in [6.45, 7) is 0. The summed E-state index contributed by atoms with van der Waals surface area (Å²) in [6, 6.07) is 66.1. The van der Waals surface area contributed by atoms with Crippen LogP contribution >= 0.6 is 0 Å². The van der Waals surface area contributed by atoms with Gasteiger partial charge in [0.05, 0.1) is 45.0 Å². The lowest BCUT2D eigenvalue weighted by Gasteiger charge is -2.12. The molecule has 57 heavy (non-hydrogen) atoms. The molecule has 266 valence electrons. The zero-order chi connectivity index (χ0) is 37.7. The van der Waals surface area contributed by atoms with Gasteiger partial charge in [0.15, 0.2) is 0 Å². The van der Waals surface area contributed by atoms with E-state index in [1.54, 1.807) is 12.4 Å². The number of para-hydroxylation sites is 2. The molecule has 5 aromatic heterocycles. The molecule has 0 unspecified atom stereocenters. The second-order valence-electron chi connectivity index (χ2n) is 14.3. The number of pyridine rings is 4. The van der Waals surface area contributed by atoms with E-state index in [1.807, 2.05) is 36.4 Å². The van der Waals surface area contributed by atoms with Crippen LogP contribution in [-0.4, -0.2) is 24.5 Å². The van der Waals surface area contributed by atoms with Crippen LogP contribution in [0.3, 0.4) is 0 Å². The summed E-state index contributed by atoms with van der Waals surface area (Å²) in [4.78, 5) is 19.5. The maximum atomic E-state index is 5.24. The van der Waals surface area contributed by atoms with Gasteiger partial charge in [-0.05, 0) is 95.1 Å². The highest BCUT2D eigenvalue weighted by atomic mass is 15.0. The standard InChI is InChI=1S/C52H33N5/c1-3-14-34(15-4-1)52-42-26-27-48-51(50(42)40-20-7-8-21-43(40)56-52)41-25-24-37(33-49(41)57(48)39-18-5-2-6-19-39)35-16-13-17-36(30-35)38-31-46(44-22-9-11-28-53-44)55-47(32-38)45-23-10-12-29-54-45/h1-33H. The Morgan fingerprint density at radius 3 is 1.67 bits per heavy atom. The maximum Gasteiger partial charge on any atom is 0.0900 e. The summed E-state index contributed by atoms with van der Waals surface area (Å²) in [5.41, 5.74) is 14.1. The number of aromatic nitrogens is 5. The normalized spacial score (nSPS) is 11.5. The smallest absolute Gasteiger partial charge is 0.0900 e. The van der Waals surface area contributed by atoms with Gasteiger partial charge in [0.25, 0.3) is 0 Å². The van der Waals surface area contributed by atoms with E-state index in [1.165, 1.54) is 16.2 Å². The summed E-state index contributed by atoms with van der Waals surface area (Å²) >= 11 is 0. The molecule has 0 N–H and O–H groups in total. The largest absolute Gasteiger partial charge is 0.309 e. The van der Waals surface area contributed by atoms with Gasteiger partial charge in [0.2, 0.25) is 0 Å². The van der Waals surface area contributed by atoms with Crippen molar-refractivity contribution >= 4 is 43.5 Å². The number of nitrogens with zero attached hydrogens (tertiary/aromatic N) is 5. The van der Waals surface area contributed by atoms with Crippen molar-refractivity contribution in [2.24, 2.45) is 0 Å². The molecule has 11 aromatic rings. The minimum atomic E-state index is 0.804. The Morgan fingerprint density at radius 2 is 0.947 bits per heavy atom. The van der Waals surface area contributed by atoms with Crippen LogP contribution in [0.25, 0.3) is 105 Å². The van der Waals surface area contributed by atoms with E-state index in [4.69, 9.17) is 9.97 Å². The third kappa shape index (κ3) is 5.64. The quantitative estimate of drug-likeness (QED) is 0.160. The fraction of sp³-hybridized carbons (Fsp3) is 0. The Kier molecular flexibility index (Phi) is 7.74. The van der Waals surface area contributed by atoms with Crippen LogP contribution in [0.4, 0.5) is 0 Å². The van der Waals surface area contributed by atoms with Crippen molar-refractivity contribution < 1.29 is 0 Å². The summed E-state index contributed by atoms with van der Waals surface area (Å²) in [5.74, 6) is 0. The van der Waals surface area contributed by atoms with Crippen molar-refractivity contribution in [2.45, 2.75) is 0 Å². The lowest BCUT2D eigenvalue weighted by molar-refractivity contribution is 1.18. The molecule has 0 amide bonds. The first-order valence-corrected chi connectivity index (χ1v) is 19.1. The highest BCUT2D eigenvalue weighted by molar-refractivity contribution is 6.29. The van der Waals surface area contributed by atoms with E-state index in [0.717, 1.165) is 89.3 Å². The first kappa shape index (κ1) is 32.7. The Labute approximate surface area is 329 Å². The molecule has 0 aliphatic heterocycles. The Balaban J connectivity index is 1.14. The van der Waals surface area contributed by atoms with Gasteiger partial charge < -0.3 is 4.57 Å². The molecular weight excluding hydrogens is 695 g/mol. The fourth-order valence-electron chi connectivity index (χ4n) is 8.27. The first-order valence-electron chi connectivity index (χ1n) is 19.1. The van der Waals surface area contributed by atoms with E-state index in [9.17, 15) is 0 Å². The number of rotatable bonds is 6. The zero-order valence-corrected chi connectivity index (χ0v) is 30.8. The molecule has 6 aromatic carbocycles. The summed E-state index contributed by atoms with van der Waals surface area (Å²) in [6.07, 6.45) is 3.61. The predicted octanol–water partition coefficient (Wildman–Crippen LogP) is 13.0. The molecular formula is C52H33N5. The third-order valence-corrected chi connectivity index (χ3v) is 10.9. The van der Waals surface area contributed by atoms with Gasteiger partial charge in [-0.3, -0.25) is 9.97 Å². The van der Waals surface area contributed by atoms with Gasteiger partial charge in [-0.25, -0.2) is 9.97 Å². The molecule has 5 heterocycles. The Bertz CT molecular complexity index is 3210. The van der Waals surface area contributed by atoms with Crippen molar-refractivity contribution in [2.75, 3.05) is 0 Å². The van der Waals surface area contributed by atoms with E-state index >= 15 is 0 Å². The molecule has 0 saturated heterocycles. The molecule has 0 saturated carbocycles. The minimum absolute atomic E-state index is 0.804. The van der Waals surface area contributed by atoms with Crippen LogP contribution in [0.2, 0.25) is 0 Å². The first-order chi connectivity index (χ1) is 28.3. The minimum Gasteiger partial charge on any atom is -0.309 e. The highest BCUT2D eigenvalue weighted by Crippen LogP contribution is 2.43. The van der Waals surface area contributed by atoms with Gasteiger partial charge >= 0.3 is 0 Å². The third-order valence-electron chi connectivity index (χ3n) is 10.9. The Morgan fingerprint density at radius 1 is 0.333 bits per heavy atom. The fourth-order valence-corrected chi connectivity index (χ4v) is 8.27. The second-order valence-corrected chi connectivity index (χ2v) is 14.3. The molecule has 0 atom stereocenters.